The molecule has 6 rings (SSSR count). The average molecular weight is 471 g/mol. The zero-order valence-corrected chi connectivity index (χ0v) is 19.5. The van der Waals surface area contributed by atoms with Crippen molar-refractivity contribution in [3.05, 3.63) is 88.1 Å². The lowest BCUT2D eigenvalue weighted by molar-refractivity contribution is 0.0953. The van der Waals surface area contributed by atoms with Crippen molar-refractivity contribution >= 4 is 40.2 Å². The maximum atomic E-state index is 13.6. The van der Waals surface area contributed by atoms with Crippen LogP contribution in [0.1, 0.15) is 38.4 Å². The van der Waals surface area contributed by atoms with Crippen LogP contribution < -0.4 is 10.2 Å². The second kappa shape index (κ2) is 8.28. The first kappa shape index (κ1) is 20.4. The molecule has 4 nitrogen and oxygen atoms in total. The number of carbonyl (C=O) groups is 2. The van der Waals surface area contributed by atoms with E-state index in [2.05, 4.69) is 22.8 Å². The molecule has 2 amide bonds. The van der Waals surface area contributed by atoms with Crippen molar-refractivity contribution in [2.45, 2.75) is 25.3 Å². The third-order valence-electron chi connectivity index (χ3n) is 6.17. The van der Waals surface area contributed by atoms with Crippen molar-refractivity contribution in [2.75, 3.05) is 11.4 Å². The number of benzene rings is 2. The number of hydrogen-bond acceptors (Lipinski definition) is 4. The van der Waals surface area contributed by atoms with E-state index >= 15 is 0 Å². The Balaban J connectivity index is 1.31. The molecule has 3 heterocycles. The van der Waals surface area contributed by atoms with Crippen LogP contribution in [-0.2, 0) is 6.42 Å². The van der Waals surface area contributed by atoms with E-state index in [1.807, 2.05) is 59.5 Å². The van der Waals surface area contributed by atoms with Crippen LogP contribution in [0.2, 0.25) is 0 Å². The number of rotatable bonds is 4. The monoisotopic (exact) mass is 470 g/mol. The molecule has 0 atom stereocenters. The highest BCUT2D eigenvalue weighted by Gasteiger charge is 2.29. The second-order valence-electron chi connectivity index (χ2n) is 8.49. The lowest BCUT2D eigenvalue weighted by Gasteiger charge is -2.23. The molecular weight excluding hydrogens is 448 g/mol. The van der Waals surface area contributed by atoms with E-state index in [1.54, 1.807) is 11.3 Å². The van der Waals surface area contributed by atoms with Gasteiger partial charge >= 0.3 is 0 Å². The van der Waals surface area contributed by atoms with Crippen LogP contribution in [-0.4, -0.2) is 24.4 Å². The van der Waals surface area contributed by atoms with Crippen molar-refractivity contribution in [1.29, 1.82) is 0 Å². The molecule has 4 aromatic rings. The molecule has 0 unspecified atom stereocenters. The van der Waals surface area contributed by atoms with E-state index in [0.29, 0.717) is 18.2 Å². The number of amides is 2. The molecule has 0 bridgehead atoms. The quantitative estimate of drug-likeness (QED) is 0.384. The van der Waals surface area contributed by atoms with Gasteiger partial charge in [0.05, 0.1) is 10.6 Å². The minimum absolute atomic E-state index is 0.00188. The predicted octanol–water partition coefficient (Wildman–Crippen LogP) is 6.24. The summed E-state index contributed by atoms with van der Waals surface area (Å²) >= 11 is 3.22. The summed E-state index contributed by atoms with van der Waals surface area (Å²) in [5.41, 5.74) is 4.86. The lowest BCUT2D eigenvalue weighted by atomic mass is 10.1. The first-order valence-electron chi connectivity index (χ1n) is 11.2. The highest BCUT2D eigenvalue weighted by atomic mass is 32.1. The average Bonchev–Trinajstić information content (AvgIpc) is 3.34. The third kappa shape index (κ3) is 3.90. The van der Waals surface area contributed by atoms with Gasteiger partial charge in [0.25, 0.3) is 11.8 Å². The van der Waals surface area contributed by atoms with Crippen molar-refractivity contribution in [2.24, 2.45) is 0 Å². The zero-order valence-electron chi connectivity index (χ0n) is 17.9. The van der Waals surface area contributed by atoms with Crippen molar-refractivity contribution in [3.63, 3.8) is 0 Å². The Morgan fingerprint density at radius 2 is 1.79 bits per heavy atom. The van der Waals surface area contributed by atoms with Crippen LogP contribution in [0.3, 0.4) is 0 Å². The number of thiophene rings is 2. The van der Waals surface area contributed by atoms with Crippen LogP contribution in [0.4, 0.5) is 5.69 Å². The molecule has 0 saturated heterocycles. The molecule has 2 aromatic heterocycles. The van der Waals surface area contributed by atoms with E-state index in [0.717, 1.165) is 51.4 Å². The van der Waals surface area contributed by atoms with Gasteiger partial charge in [-0.05, 0) is 66.1 Å². The Kier molecular flexibility index (Phi) is 5.12. The van der Waals surface area contributed by atoms with E-state index in [4.69, 9.17) is 0 Å². The number of nitrogens with one attached hydrogen (secondary N) is 1. The van der Waals surface area contributed by atoms with Gasteiger partial charge in [0, 0.05) is 33.5 Å². The smallest absolute Gasteiger partial charge is 0.261 e. The summed E-state index contributed by atoms with van der Waals surface area (Å²) in [7, 11) is 0. The summed E-state index contributed by atoms with van der Waals surface area (Å²) < 4.78 is 0. The molecule has 1 aliphatic heterocycles. The molecule has 164 valence electrons. The van der Waals surface area contributed by atoms with Gasteiger partial charge in [-0.15, -0.1) is 22.7 Å². The Bertz CT molecular complexity index is 1330. The number of nitrogens with zero attached hydrogens (tertiary/aromatic N) is 1. The second-order valence-corrected chi connectivity index (χ2v) is 10.5. The first-order chi connectivity index (χ1) is 16.2. The van der Waals surface area contributed by atoms with E-state index in [-0.39, 0.29) is 11.8 Å². The summed E-state index contributed by atoms with van der Waals surface area (Å²) in [5, 5.41) is 5.15. The van der Waals surface area contributed by atoms with Gasteiger partial charge in [-0.2, -0.15) is 0 Å². The first-order valence-corrected chi connectivity index (χ1v) is 12.9. The molecule has 0 radical (unpaired) electrons. The van der Waals surface area contributed by atoms with Crippen LogP contribution in [0.5, 0.6) is 0 Å². The molecule has 6 heteroatoms. The van der Waals surface area contributed by atoms with Crippen molar-refractivity contribution in [1.82, 2.24) is 5.32 Å². The van der Waals surface area contributed by atoms with Gasteiger partial charge in [-0.1, -0.05) is 36.4 Å². The number of para-hydroxylation sites is 1. The Morgan fingerprint density at radius 1 is 0.970 bits per heavy atom. The maximum Gasteiger partial charge on any atom is 0.261 e. The zero-order chi connectivity index (χ0) is 22.4. The van der Waals surface area contributed by atoms with E-state index in [9.17, 15) is 9.59 Å². The number of hydrogen-bond donors (Lipinski definition) is 1. The van der Waals surface area contributed by atoms with E-state index in [1.165, 1.54) is 16.2 Å². The van der Waals surface area contributed by atoms with Crippen LogP contribution in [0.25, 0.3) is 20.9 Å². The highest BCUT2D eigenvalue weighted by Crippen LogP contribution is 2.42. The lowest BCUT2D eigenvalue weighted by Crippen LogP contribution is -2.32. The van der Waals surface area contributed by atoms with Gasteiger partial charge in [0.15, 0.2) is 0 Å². The molecule has 2 aliphatic rings. The highest BCUT2D eigenvalue weighted by molar-refractivity contribution is 7.17. The third-order valence-corrected chi connectivity index (χ3v) is 8.30. The van der Waals surface area contributed by atoms with Crippen molar-refractivity contribution < 1.29 is 9.59 Å². The molecule has 33 heavy (non-hydrogen) atoms. The Hall–Kier alpha value is -3.22. The summed E-state index contributed by atoms with van der Waals surface area (Å²) in [4.78, 5) is 31.1. The summed E-state index contributed by atoms with van der Waals surface area (Å²) in [5.74, 6) is 0.0221. The van der Waals surface area contributed by atoms with Gasteiger partial charge in [-0.3, -0.25) is 9.59 Å². The largest absolute Gasteiger partial charge is 0.349 e. The molecule has 0 spiro atoms. The van der Waals surface area contributed by atoms with Gasteiger partial charge in [0.1, 0.15) is 0 Å². The fraction of sp³-hybridized carbons (Fsp3) is 0.185. The van der Waals surface area contributed by atoms with Crippen LogP contribution in [0, 0.1) is 0 Å². The fourth-order valence-corrected chi connectivity index (χ4v) is 6.16. The standard InChI is InChI=1S/C27H22N2O2S2/c30-26(28-20-11-12-20)24-16-19-13-14-29(22-5-2-1-4-21(22)25(19)33-24)27(31)18-9-7-17(8-10-18)23-6-3-15-32-23/h1-10,15-16,20H,11-14H2,(H,28,30). The molecule has 1 fully saturated rings. The molecule has 1 N–H and O–H groups in total. The maximum absolute atomic E-state index is 13.6. The number of fused-ring (bicyclic) bond motifs is 3. The summed E-state index contributed by atoms with van der Waals surface area (Å²) in [6.45, 7) is 0.579. The normalized spacial score (nSPS) is 14.8. The van der Waals surface area contributed by atoms with Gasteiger partial charge in [0.2, 0.25) is 0 Å². The van der Waals surface area contributed by atoms with Crippen molar-refractivity contribution in [3.8, 4) is 20.9 Å². The number of anilines is 1. The van der Waals surface area contributed by atoms with Gasteiger partial charge in [-0.25, -0.2) is 0 Å². The Morgan fingerprint density at radius 3 is 2.55 bits per heavy atom. The van der Waals surface area contributed by atoms with Gasteiger partial charge < -0.3 is 10.2 Å². The van der Waals surface area contributed by atoms with Crippen LogP contribution in [0.15, 0.2) is 72.1 Å². The number of carbonyl (C=O) groups excluding carboxylic acids is 2. The molecule has 1 aliphatic carbocycles. The molecule has 2 aromatic carbocycles. The minimum Gasteiger partial charge on any atom is -0.349 e. The Labute approximate surface area is 200 Å². The fourth-order valence-electron chi connectivity index (χ4n) is 4.28. The predicted molar refractivity (Wildman–Crippen MR) is 135 cm³/mol. The summed E-state index contributed by atoms with van der Waals surface area (Å²) in [6.07, 6.45) is 2.87. The molecule has 1 saturated carbocycles. The summed E-state index contributed by atoms with van der Waals surface area (Å²) in [6, 6.07) is 22.4. The molecular formula is C27H22N2O2S2. The van der Waals surface area contributed by atoms with E-state index < -0.39 is 0 Å². The SMILES string of the molecule is O=C(NC1CC1)c1cc2c(s1)-c1ccccc1N(C(=O)c1ccc(-c3cccs3)cc1)CC2. The van der Waals surface area contributed by atoms with Crippen LogP contribution >= 0.6 is 22.7 Å². The topological polar surface area (TPSA) is 49.4 Å². The minimum atomic E-state index is 0.00188.